The Bertz CT molecular complexity index is 620. The van der Waals surface area contributed by atoms with Gasteiger partial charge in [-0.25, -0.2) is 9.97 Å². The quantitative estimate of drug-likeness (QED) is 0.870. The number of rotatable bonds is 3. The van der Waals surface area contributed by atoms with Gasteiger partial charge >= 0.3 is 0 Å². The average Bonchev–Trinajstić information content (AvgIpc) is 2.48. The first-order valence-electron chi connectivity index (χ1n) is 7.41. The SMILES string of the molecule is Cc1ccc(CCc2ncc3c(n2)CCCC3)cc1N. The van der Waals surface area contributed by atoms with Crippen molar-refractivity contribution >= 4 is 5.69 Å². The van der Waals surface area contributed by atoms with E-state index in [9.17, 15) is 0 Å². The zero-order chi connectivity index (χ0) is 13.9. The molecule has 0 spiro atoms. The minimum atomic E-state index is 0.869. The van der Waals surface area contributed by atoms with E-state index in [0.29, 0.717) is 0 Å². The van der Waals surface area contributed by atoms with E-state index in [1.54, 1.807) is 0 Å². The molecule has 0 atom stereocenters. The fourth-order valence-electron chi connectivity index (χ4n) is 2.74. The molecule has 2 aromatic rings. The monoisotopic (exact) mass is 267 g/mol. The number of nitrogen functional groups attached to an aromatic ring is 1. The fraction of sp³-hybridized carbons (Fsp3) is 0.412. The van der Waals surface area contributed by atoms with Gasteiger partial charge in [0.05, 0.1) is 0 Å². The number of nitrogens with two attached hydrogens (primary N) is 1. The van der Waals surface area contributed by atoms with Crippen LogP contribution in [0.2, 0.25) is 0 Å². The van der Waals surface area contributed by atoms with Crippen LogP contribution in [0.4, 0.5) is 5.69 Å². The Balaban J connectivity index is 1.70. The molecular formula is C17H21N3. The first-order valence-corrected chi connectivity index (χ1v) is 7.41. The lowest BCUT2D eigenvalue weighted by atomic mass is 9.97. The lowest BCUT2D eigenvalue weighted by molar-refractivity contribution is 0.652. The smallest absolute Gasteiger partial charge is 0.128 e. The van der Waals surface area contributed by atoms with Crippen LogP contribution in [0.1, 0.15) is 41.1 Å². The summed E-state index contributed by atoms with van der Waals surface area (Å²) in [7, 11) is 0. The molecule has 1 aliphatic carbocycles. The van der Waals surface area contributed by atoms with Crippen molar-refractivity contribution in [2.45, 2.75) is 45.4 Å². The van der Waals surface area contributed by atoms with Gasteiger partial charge in [-0.2, -0.15) is 0 Å². The molecule has 1 heterocycles. The first kappa shape index (κ1) is 13.1. The highest BCUT2D eigenvalue weighted by molar-refractivity contribution is 5.48. The predicted octanol–water partition coefficient (Wildman–Crippen LogP) is 3.03. The molecule has 3 rings (SSSR count). The van der Waals surface area contributed by atoms with Crippen molar-refractivity contribution in [1.82, 2.24) is 9.97 Å². The van der Waals surface area contributed by atoms with Crippen molar-refractivity contribution in [3.05, 3.63) is 52.6 Å². The van der Waals surface area contributed by atoms with Gasteiger partial charge < -0.3 is 5.73 Å². The molecule has 0 saturated heterocycles. The van der Waals surface area contributed by atoms with Crippen molar-refractivity contribution in [2.24, 2.45) is 0 Å². The normalized spacial score (nSPS) is 14.1. The second-order valence-corrected chi connectivity index (χ2v) is 5.66. The van der Waals surface area contributed by atoms with Crippen LogP contribution in [0.3, 0.4) is 0 Å². The molecule has 3 nitrogen and oxygen atoms in total. The zero-order valence-electron chi connectivity index (χ0n) is 12.0. The molecule has 0 amide bonds. The van der Waals surface area contributed by atoms with Crippen molar-refractivity contribution in [1.29, 1.82) is 0 Å². The molecule has 1 aromatic carbocycles. The number of aryl methyl sites for hydroxylation is 5. The summed E-state index contributed by atoms with van der Waals surface area (Å²) < 4.78 is 0. The van der Waals surface area contributed by atoms with E-state index in [2.05, 4.69) is 23.2 Å². The second-order valence-electron chi connectivity index (χ2n) is 5.66. The Hall–Kier alpha value is -1.90. The van der Waals surface area contributed by atoms with Crippen LogP contribution in [-0.2, 0) is 25.7 Å². The van der Waals surface area contributed by atoms with Crippen LogP contribution in [0.15, 0.2) is 24.4 Å². The minimum absolute atomic E-state index is 0.869. The lowest BCUT2D eigenvalue weighted by Gasteiger charge is -2.14. The molecule has 104 valence electrons. The van der Waals surface area contributed by atoms with Crippen molar-refractivity contribution in [3.8, 4) is 0 Å². The maximum Gasteiger partial charge on any atom is 0.128 e. The Kier molecular flexibility index (Phi) is 3.68. The predicted molar refractivity (Wildman–Crippen MR) is 81.7 cm³/mol. The van der Waals surface area contributed by atoms with E-state index in [4.69, 9.17) is 10.7 Å². The van der Waals surface area contributed by atoms with Gasteiger partial charge in [-0.3, -0.25) is 0 Å². The summed E-state index contributed by atoms with van der Waals surface area (Å²) in [5.41, 5.74) is 11.8. The molecule has 1 aliphatic rings. The number of aromatic nitrogens is 2. The summed E-state index contributed by atoms with van der Waals surface area (Å²) >= 11 is 0. The molecule has 0 unspecified atom stereocenters. The van der Waals surface area contributed by atoms with Crippen LogP contribution in [0.5, 0.6) is 0 Å². The third-order valence-corrected chi connectivity index (χ3v) is 4.09. The maximum absolute atomic E-state index is 5.95. The van der Waals surface area contributed by atoms with Crippen molar-refractivity contribution < 1.29 is 0 Å². The summed E-state index contributed by atoms with van der Waals surface area (Å²) in [6, 6.07) is 6.29. The molecular weight excluding hydrogens is 246 g/mol. The second kappa shape index (κ2) is 5.61. The summed E-state index contributed by atoms with van der Waals surface area (Å²) in [5, 5.41) is 0. The Labute approximate surface area is 120 Å². The minimum Gasteiger partial charge on any atom is -0.399 e. The highest BCUT2D eigenvalue weighted by atomic mass is 14.9. The van der Waals surface area contributed by atoms with Gasteiger partial charge in [0.1, 0.15) is 5.82 Å². The highest BCUT2D eigenvalue weighted by Crippen LogP contribution is 2.19. The fourth-order valence-corrected chi connectivity index (χ4v) is 2.74. The van der Waals surface area contributed by atoms with Gasteiger partial charge in [-0.15, -0.1) is 0 Å². The van der Waals surface area contributed by atoms with Crippen molar-refractivity contribution in [2.75, 3.05) is 5.73 Å². The van der Waals surface area contributed by atoms with Crippen molar-refractivity contribution in [3.63, 3.8) is 0 Å². The number of nitrogens with zero attached hydrogens (tertiary/aromatic N) is 2. The van der Waals surface area contributed by atoms with Gasteiger partial charge in [-0.1, -0.05) is 12.1 Å². The van der Waals surface area contributed by atoms with Gasteiger partial charge in [0.15, 0.2) is 0 Å². The summed E-state index contributed by atoms with van der Waals surface area (Å²) in [6.45, 7) is 2.03. The third kappa shape index (κ3) is 2.82. The summed E-state index contributed by atoms with van der Waals surface area (Å²) in [5.74, 6) is 0.963. The average molecular weight is 267 g/mol. The van der Waals surface area contributed by atoms with E-state index in [1.165, 1.54) is 29.7 Å². The zero-order valence-corrected chi connectivity index (χ0v) is 12.0. The van der Waals surface area contributed by atoms with Gasteiger partial charge in [0.2, 0.25) is 0 Å². The highest BCUT2D eigenvalue weighted by Gasteiger charge is 2.11. The molecule has 20 heavy (non-hydrogen) atoms. The van der Waals surface area contributed by atoms with Gasteiger partial charge in [-0.05, 0) is 61.8 Å². The van der Waals surface area contributed by atoms with E-state index >= 15 is 0 Å². The van der Waals surface area contributed by atoms with Crippen LogP contribution >= 0.6 is 0 Å². The molecule has 0 aliphatic heterocycles. The topological polar surface area (TPSA) is 51.8 Å². The van der Waals surface area contributed by atoms with E-state index in [1.807, 2.05) is 13.1 Å². The van der Waals surface area contributed by atoms with Gasteiger partial charge in [0.25, 0.3) is 0 Å². The van der Waals surface area contributed by atoms with E-state index in [-0.39, 0.29) is 0 Å². The summed E-state index contributed by atoms with van der Waals surface area (Å²) in [4.78, 5) is 9.23. The Morgan fingerprint density at radius 3 is 2.85 bits per heavy atom. The molecule has 0 saturated carbocycles. The molecule has 3 heteroatoms. The number of anilines is 1. The Morgan fingerprint density at radius 1 is 1.15 bits per heavy atom. The van der Waals surface area contributed by atoms with Crippen LogP contribution in [0.25, 0.3) is 0 Å². The molecule has 0 radical (unpaired) electrons. The van der Waals surface area contributed by atoms with E-state index < -0.39 is 0 Å². The van der Waals surface area contributed by atoms with Gasteiger partial charge in [0, 0.05) is 24.0 Å². The number of benzene rings is 1. The van der Waals surface area contributed by atoms with Crippen LogP contribution in [0, 0.1) is 6.92 Å². The van der Waals surface area contributed by atoms with Crippen LogP contribution in [-0.4, -0.2) is 9.97 Å². The largest absolute Gasteiger partial charge is 0.399 e. The molecule has 0 bridgehead atoms. The molecule has 0 fully saturated rings. The lowest BCUT2D eigenvalue weighted by Crippen LogP contribution is -2.09. The van der Waals surface area contributed by atoms with E-state index in [0.717, 1.165) is 42.8 Å². The first-order chi connectivity index (χ1) is 9.72. The number of fused-ring (bicyclic) bond motifs is 1. The standard InChI is InChI=1S/C17H21N3/c1-12-6-7-13(10-15(12)18)8-9-17-19-11-14-4-2-3-5-16(14)20-17/h6-7,10-11H,2-5,8-9,18H2,1H3. The molecule has 1 aromatic heterocycles. The Morgan fingerprint density at radius 2 is 2.00 bits per heavy atom. The van der Waals surface area contributed by atoms with Crippen LogP contribution < -0.4 is 5.73 Å². The summed E-state index contributed by atoms with van der Waals surface area (Å²) in [6.07, 6.45) is 8.65. The maximum atomic E-state index is 5.95. The molecule has 2 N–H and O–H groups in total. The number of hydrogen-bond acceptors (Lipinski definition) is 3. The number of hydrogen-bond donors (Lipinski definition) is 1. The third-order valence-electron chi connectivity index (χ3n) is 4.09.